The minimum atomic E-state index is -3.59. The third kappa shape index (κ3) is 4.54. The summed E-state index contributed by atoms with van der Waals surface area (Å²) in [6.45, 7) is 1.95. The van der Waals surface area contributed by atoms with E-state index < -0.39 is 10.0 Å². The number of nitrogens with zero attached hydrogens (tertiary/aromatic N) is 2. The van der Waals surface area contributed by atoms with Crippen molar-refractivity contribution in [3.8, 4) is 0 Å². The van der Waals surface area contributed by atoms with E-state index in [9.17, 15) is 13.2 Å². The van der Waals surface area contributed by atoms with Gasteiger partial charge in [0.25, 0.3) is 5.91 Å². The molecule has 7 heteroatoms. The van der Waals surface area contributed by atoms with Gasteiger partial charge in [0.1, 0.15) is 0 Å². The molecule has 6 nitrogen and oxygen atoms in total. The molecule has 1 aliphatic rings. The van der Waals surface area contributed by atoms with E-state index in [4.69, 9.17) is 0 Å². The molecule has 0 unspecified atom stereocenters. The Labute approximate surface area is 167 Å². The number of para-hydroxylation sites is 2. The Kier molecular flexibility index (Phi) is 6.36. The number of amides is 1. The molecule has 1 saturated heterocycles. The zero-order chi connectivity index (χ0) is 20.1. The van der Waals surface area contributed by atoms with Crippen LogP contribution in [-0.4, -0.2) is 45.8 Å². The zero-order valence-corrected chi connectivity index (χ0v) is 17.2. The summed E-state index contributed by atoms with van der Waals surface area (Å²) in [7, 11) is -0.647. The van der Waals surface area contributed by atoms with Crippen LogP contribution < -0.4 is 10.2 Å². The highest BCUT2D eigenvalue weighted by Crippen LogP contribution is 2.28. The van der Waals surface area contributed by atoms with Crippen LogP contribution in [-0.2, 0) is 10.0 Å². The quantitative estimate of drug-likeness (QED) is 0.832. The molecule has 1 aliphatic heterocycles. The van der Waals surface area contributed by atoms with E-state index in [1.165, 1.54) is 39.1 Å². The third-order valence-corrected chi connectivity index (χ3v) is 6.78. The van der Waals surface area contributed by atoms with E-state index in [2.05, 4.69) is 10.2 Å². The summed E-state index contributed by atoms with van der Waals surface area (Å²) < 4.78 is 25.8. The van der Waals surface area contributed by atoms with Crippen LogP contribution in [0.2, 0.25) is 0 Å². The van der Waals surface area contributed by atoms with E-state index in [0.29, 0.717) is 5.56 Å². The van der Waals surface area contributed by atoms with Crippen molar-refractivity contribution in [3.63, 3.8) is 0 Å². The second-order valence-corrected chi connectivity index (χ2v) is 9.34. The summed E-state index contributed by atoms with van der Waals surface area (Å²) in [6.07, 6.45) is 4.76. The lowest BCUT2D eigenvalue weighted by Gasteiger charge is -2.25. The number of nitrogens with one attached hydrogen (secondary N) is 1. The van der Waals surface area contributed by atoms with E-state index >= 15 is 0 Å². The van der Waals surface area contributed by atoms with Crippen LogP contribution in [0.3, 0.4) is 0 Å². The van der Waals surface area contributed by atoms with Crippen LogP contribution in [0.4, 0.5) is 11.4 Å². The van der Waals surface area contributed by atoms with Crippen LogP contribution in [0.25, 0.3) is 0 Å². The van der Waals surface area contributed by atoms with Gasteiger partial charge in [0.05, 0.1) is 16.3 Å². The van der Waals surface area contributed by atoms with Crippen molar-refractivity contribution >= 4 is 27.3 Å². The lowest BCUT2D eigenvalue weighted by molar-refractivity contribution is 0.102. The van der Waals surface area contributed by atoms with Crippen LogP contribution in [0.1, 0.15) is 36.0 Å². The van der Waals surface area contributed by atoms with E-state index in [0.717, 1.165) is 41.6 Å². The normalized spacial score (nSPS) is 15.3. The fourth-order valence-electron chi connectivity index (χ4n) is 3.37. The van der Waals surface area contributed by atoms with Gasteiger partial charge in [-0.25, -0.2) is 12.7 Å². The lowest BCUT2D eigenvalue weighted by Crippen LogP contribution is -2.26. The molecule has 0 radical (unpaired) electrons. The highest BCUT2D eigenvalue weighted by atomic mass is 32.2. The Balaban J connectivity index is 1.84. The monoisotopic (exact) mass is 401 g/mol. The largest absolute Gasteiger partial charge is 0.370 e. The van der Waals surface area contributed by atoms with E-state index in [1.54, 1.807) is 12.1 Å². The fraction of sp³-hybridized carbons (Fsp3) is 0.381. The zero-order valence-electron chi connectivity index (χ0n) is 16.4. The summed E-state index contributed by atoms with van der Waals surface area (Å²) in [6, 6.07) is 13.9. The number of hydrogen-bond acceptors (Lipinski definition) is 4. The van der Waals surface area contributed by atoms with Crippen molar-refractivity contribution in [2.24, 2.45) is 0 Å². The molecule has 0 aromatic heterocycles. The molecule has 0 aliphatic carbocycles. The van der Waals surface area contributed by atoms with Crippen molar-refractivity contribution in [1.29, 1.82) is 0 Å². The van der Waals surface area contributed by atoms with Crippen molar-refractivity contribution in [2.45, 2.75) is 30.6 Å². The van der Waals surface area contributed by atoms with Gasteiger partial charge in [0.2, 0.25) is 10.0 Å². The van der Waals surface area contributed by atoms with Gasteiger partial charge >= 0.3 is 0 Å². The van der Waals surface area contributed by atoms with Crippen LogP contribution >= 0.6 is 0 Å². The van der Waals surface area contributed by atoms with E-state index in [1.807, 2.05) is 24.3 Å². The van der Waals surface area contributed by atoms with Gasteiger partial charge in [-0.2, -0.15) is 0 Å². The summed E-state index contributed by atoms with van der Waals surface area (Å²) in [5, 5.41) is 2.96. The maximum Gasteiger partial charge on any atom is 0.255 e. The first-order valence-electron chi connectivity index (χ1n) is 9.57. The van der Waals surface area contributed by atoms with Gasteiger partial charge in [-0.3, -0.25) is 4.79 Å². The smallest absolute Gasteiger partial charge is 0.255 e. The number of sulfonamides is 1. The molecule has 1 amide bonds. The summed E-state index contributed by atoms with van der Waals surface area (Å²) in [4.78, 5) is 15.2. The fourth-order valence-corrected chi connectivity index (χ4v) is 4.32. The molecule has 2 aromatic rings. The Bertz CT molecular complexity index is 933. The highest BCUT2D eigenvalue weighted by Gasteiger charge is 2.20. The molecule has 28 heavy (non-hydrogen) atoms. The molecule has 1 heterocycles. The molecule has 3 rings (SSSR count). The summed E-state index contributed by atoms with van der Waals surface area (Å²) in [5.74, 6) is -0.321. The van der Waals surface area contributed by atoms with Crippen molar-refractivity contribution in [2.75, 3.05) is 37.4 Å². The average molecular weight is 402 g/mol. The molecule has 150 valence electrons. The number of carbonyl (C=O) groups excluding carboxylic acids is 1. The van der Waals surface area contributed by atoms with Gasteiger partial charge in [-0.15, -0.1) is 0 Å². The Hall–Kier alpha value is -2.38. The average Bonchev–Trinajstić information content (AvgIpc) is 2.98. The molecule has 1 N–H and O–H groups in total. The minimum absolute atomic E-state index is 0.103. The Morgan fingerprint density at radius 2 is 1.64 bits per heavy atom. The Morgan fingerprint density at radius 3 is 2.32 bits per heavy atom. The maximum atomic E-state index is 12.8. The van der Waals surface area contributed by atoms with Gasteiger partial charge in [-0.1, -0.05) is 31.0 Å². The first-order chi connectivity index (χ1) is 13.4. The van der Waals surface area contributed by atoms with Gasteiger partial charge < -0.3 is 10.2 Å². The van der Waals surface area contributed by atoms with Gasteiger partial charge in [-0.05, 0) is 43.2 Å². The minimum Gasteiger partial charge on any atom is -0.370 e. The number of carbonyl (C=O) groups is 1. The molecular weight excluding hydrogens is 374 g/mol. The first kappa shape index (κ1) is 20.4. The predicted molar refractivity (Wildman–Crippen MR) is 112 cm³/mol. The van der Waals surface area contributed by atoms with Crippen molar-refractivity contribution in [1.82, 2.24) is 4.31 Å². The Morgan fingerprint density at radius 1 is 0.964 bits per heavy atom. The predicted octanol–water partition coefficient (Wildman–Crippen LogP) is 3.57. The topological polar surface area (TPSA) is 69.7 Å². The summed E-state index contributed by atoms with van der Waals surface area (Å²) in [5.41, 5.74) is 2.07. The number of anilines is 2. The maximum absolute atomic E-state index is 12.8. The lowest BCUT2D eigenvalue weighted by atomic mass is 10.2. The van der Waals surface area contributed by atoms with Crippen LogP contribution in [0.5, 0.6) is 0 Å². The molecule has 0 saturated carbocycles. The second-order valence-electron chi connectivity index (χ2n) is 7.19. The number of benzene rings is 2. The molecule has 0 spiro atoms. The van der Waals surface area contributed by atoms with Gasteiger partial charge in [0.15, 0.2) is 0 Å². The van der Waals surface area contributed by atoms with Crippen molar-refractivity contribution in [3.05, 3.63) is 54.1 Å². The SMILES string of the molecule is CN(C)S(=O)(=O)c1cccc(C(=O)Nc2ccccc2N2CCCCCC2)c1. The first-order valence-corrected chi connectivity index (χ1v) is 11.0. The van der Waals surface area contributed by atoms with Crippen LogP contribution in [0, 0.1) is 0 Å². The second kappa shape index (κ2) is 8.75. The summed E-state index contributed by atoms with van der Waals surface area (Å²) >= 11 is 0. The van der Waals surface area contributed by atoms with E-state index in [-0.39, 0.29) is 10.8 Å². The molecule has 1 fully saturated rings. The standard InChI is InChI=1S/C21H27N3O3S/c1-23(2)28(26,27)18-11-9-10-17(16-18)21(25)22-19-12-5-6-13-20(19)24-14-7-3-4-8-15-24/h5-6,9-13,16H,3-4,7-8,14-15H2,1-2H3,(H,22,25). The van der Waals surface area contributed by atoms with Crippen molar-refractivity contribution < 1.29 is 13.2 Å². The number of rotatable bonds is 5. The third-order valence-electron chi connectivity index (χ3n) is 4.97. The van der Waals surface area contributed by atoms with Crippen LogP contribution in [0.15, 0.2) is 53.4 Å². The van der Waals surface area contributed by atoms with Gasteiger partial charge in [0, 0.05) is 32.7 Å². The number of hydrogen-bond donors (Lipinski definition) is 1. The molecule has 2 aromatic carbocycles. The highest BCUT2D eigenvalue weighted by molar-refractivity contribution is 7.89. The molecule has 0 bridgehead atoms. The molecular formula is C21H27N3O3S. The molecule has 0 atom stereocenters.